The number of carbonyl (C=O) groups is 1. The van der Waals surface area contributed by atoms with Gasteiger partial charge in [0, 0.05) is 37.8 Å². The van der Waals surface area contributed by atoms with Gasteiger partial charge in [0.05, 0.1) is 13.2 Å². The Morgan fingerprint density at radius 2 is 1.92 bits per heavy atom. The number of nitrogens with one attached hydrogen (secondary N) is 1. The van der Waals surface area contributed by atoms with Gasteiger partial charge in [-0.3, -0.25) is 4.79 Å². The number of morpholine rings is 1. The molecule has 0 saturated carbocycles. The monoisotopic (exact) mass is 392 g/mol. The average molecular weight is 393 g/mol. The van der Waals surface area contributed by atoms with E-state index < -0.39 is 0 Å². The van der Waals surface area contributed by atoms with Crippen molar-refractivity contribution in [1.82, 2.24) is 10.3 Å². The molecule has 1 aromatic heterocycles. The highest BCUT2D eigenvalue weighted by Gasteiger charge is 2.16. The first-order chi connectivity index (χ1) is 11.3. The molecule has 1 aliphatic rings. The zero-order chi connectivity index (χ0) is 16.3. The van der Waals surface area contributed by atoms with Crippen molar-refractivity contribution >= 4 is 36.5 Å². The van der Waals surface area contributed by atoms with E-state index in [1.54, 1.807) is 6.20 Å². The Hall–Kier alpha value is -1.08. The summed E-state index contributed by atoms with van der Waals surface area (Å²) in [5.74, 6) is 1.06. The van der Waals surface area contributed by atoms with E-state index in [-0.39, 0.29) is 30.7 Å². The first-order valence-corrected chi connectivity index (χ1v) is 8.54. The van der Waals surface area contributed by atoms with E-state index in [1.807, 2.05) is 12.1 Å². The lowest BCUT2D eigenvalue weighted by Gasteiger charge is -2.29. The van der Waals surface area contributed by atoms with Crippen molar-refractivity contribution in [3.8, 4) is 0 Å². The van der Waals surface area contributed by atoms with Gasteiger partial charge in [0.15, 0.2) is 0 Å². The predicted octanol–water partition coefficient (Wildman–Crippen LogP) is 2.29. The third-order valence-electron chi connectivity index (χ3n) is 4.01. The number of pyridine rings is 1. The average Bonchev–Trinajstić information content (AvgIpc) is 2.61. The Kier molecular flexibility index (Phi) is 13.5. The molecule has 0 radical (unpaired) electrons. The zero-order valence-corrected chi connectivity index (χ0v) is 16.2. The second kappa shape index (κ2) is 14.1. The van der Waals surface area contributed by atoms with Gasteiger partial charge in [0.25, 0.3) is 0 Å². The number of hydrogen-bond donors (Lipinski definition) is 2. The Morgan fingerprint density at radius 1 is 1.20 bits per heavy atom. The molecule has 1 aromatic rings. The van der Waals surface area contributed by atoms with Crippen molar-refractivity contribution in [2.75, 3.05) is 37.7 Å². The molecule has 1 saturated heterocycles. The summed E-state index contributed by atoms with van der Waals surface area (Å²) >= 11 is 0. The molecule has 3 N–H and O–H groups in total. The van der Waals surface area contributed by atoms with E-state index in [2.05, 4.69) is 15.2 Å². The summed E-state index contributed by atoms with van der Waals surface area (Å²) in [4.78, 5) is 18.7. The molecule has 2 rings (SSSR count). The fraction of sp³-hybridized carbons (Fsp3) is 0.647. The Bertz CT molecular complexity index is 485. The van der Waals surface area contributed by atoms with Gasteiger partial charge in [-0.1, -0.05) is 18.9 Å². The van der Waals surface area contributed by atoms with Gasteiger partial charge >= 0.3 is 0 Å². The van der Waals surface area contributed by atoms with E-state index in [0.717, 1.165) is 69.9 Å². The molecule has 0 bridgehead atoms. The molecular formula is C17H30Cl2N4O2. The van der Waals surface area contributed by atoms with E-state index >= 15 is 0 Å². The van der Waals surface area contributed by atoms with Crippen LogP contribution in [0.5, 0.6) is 0 Å². The van der Waals surface area contributed by atoms with E-state index in [9.17, 15) is 4.79 Å². The molecule has 0 aromatic carbocycles. The minimum atomic E-state index is 0. The van der Waals surface area contributed by atoms with E-state index in [1.165, 1.54) is 0 Å². The fourth-order valence-corrected chi connectivity index (χ4v) is 2.69. The number of nitrogens with two attached hydrogens (primary N) is 1. The minimum Gasteiger partial charge on any atom is -0.378 e. The number of hydrogen-bond acceptors (Lipinski definition) is 5. The summed E-state index contributed by atoms with van der Waals surface area (Å²) in [5, 5.41) is 3.01. The third-order valence-corrected chi connectivity index (χ3v) is 4.01. The first kappa shape index (κ1) is 23.9. The van der Waals surface area contributed by atoms with Gasteiger partial charge in [-0.05, 0) is 25.5 Å². The SMILES string of the molecule is Cl.Cl.NCCCCCCC(=O)NCc1cccnc1N1CCOCC1. The first-order valence-electron chi connectivity index (χ1n) is 8.54. The zero-order valence-electron chi connectivity index (χ0n) is 14.6. The van der Waals surface area contributed by atoms with Crippen LogP contribution in [0.4, 0.5) is 5.82 Å². The highest BCUT2D eigenvalue weighted by molar-refractivity contribution is 5.85. The molecule has 0 spiro atoms. The molecule has 0 unspecified atom stereocenters. The van der Waals surface area contributed by atoms with Crippen LogP contribution in [0.1, 0.15) is 37.7 Å². The number of unbranched alkanes of at least 4 members (excludes halogenated alkanes) is 3. The van der Waals surface area contributed by atoms with Gasteiger partial charge in [-0.25, -0.2) is 4.98 Å². The van der Waals surface area contributed by atoms with Gasteiger partial charge in [0.2, 0.25) is 5.91 Å². The molecule has 25 heavy (non-hydrogen) atoms. The quantitative estimate of drug-likeness (QED) is 0.630. The number of rotatable bonds is 9. The molecule has 0 atom stereocenters. The predicted molar refractivity (Wildman–Crippen MR) is 106 cm³/mol. The number of amides is 1. The smallest absolute Gasteiger partial charge is 0.220 e. The Balaban J connectivity index is 0.00000288. The second-order valence-electron chi connectivity index (χ2n) is 5.82. The standard InChI is InChI=1S/C17H28N4O2.2ClH/c18-8-4-2-1-3-7-16(22)20-14-15-6-5-9-19-17(15)21-10-12-23-13-11-21;;/h5-6,9H,1-4,7-8,10-14,18H2,(H,20,22);2*1H. The molecule has 6 nitrogen and oxygen atoms in total. The number of aromatic nitrogens is 1. The molecule has 0 aliphatic carbocycles. The summed E-state index contributed by atoms with van der Waals surface area (Å²) in [6.45, 7) is 4.41. The van der Waals surface area contributed by atoms with Crippen LogP contribution < -0.4 is 16.0 Å². The lowest BCUT2D eigenvalue weighted by atomic mass is 10.1. The lowest BCUT2D eigenvalue weighted by molar-refractivity contribution is -0.121. The molecule has 8 heteroatoms. The number of nitrogens with zero attached hydrogens (tertiary/aromatic N) is 2. The summed E-state index contributed by atoms with van der Waals surface area (Å²) < 4.78 is 5.38. The summed E-state index contributed by atoms with van der Waals surface area (Å²) in [6, 6.07) is 3.94. The fourth-order valence-electron chi connectivity index (χ4n) is 2.69. The largest absolute Gasteiger partial charge is 0.378 e. The van der Waals surface area contributed by atoms with Gasteiger partial charge in [0.1, 0.15) is 5.82 Å². The van der Waals surface area contributed by atoms with Crippen molar-refractivity contribution < 1.29 is 9.53 Å². The maximum Gasteiger partial charge on any atom is 0.220 e. The second-order valence-corrected chi connectivity index (χ2v) is 5.82. The molecule has 144 valence electrons. The van der Waals surface area contributed by atoms with Crippen LogP contribution in [0.15, 0.2) is 18.3 Å². The van der Waals surface area contributed by atoms with Gasteiger partial charge in [-0.2, -0.15) is 0 Å². The molecular weight excluding hydrogens is 363 g/mol. The molecule has 1 aliphatic heterocycles. The van der Waals surface area contributed by atoms with Crippen molar-refractivity contribution in [3.63, 3.8) is 0 Å². The van der Waals surface area contributed by atoms with Crippen molar-refractivity contribution in [2.24, 2.45) is 5.73 Å². The van der Waals surface area contributed by atoms with Crippen LogP contribution in [0.3, 0.4) is 0 Å². The topological polar surface area (TPSA) is 80.5 Å². The van der Waals surface area contributed by atoms with Gasteiger partial charge < -0.3 is 20.7 Å². The van der Waals surface area contributed by atoms with Crippen molar-refractivity contribution in [3.05, 3.63) is 23.9 Å². The normalized spacial score (nSPS) is 13.6. The number of halogens is 2. The molecule has 1 amide bonds. The molecule has 1 fully saturated rings. The van der Waals surface area contributed by atoms with Crippen LogP contribution in [0, 0.1) is 0 Å². The van der Waals surface area contributed by atoms with E-state index in [4.69, 9.17) is 10.5 Å². The highest BCUT2D eigenvalue weighted by Crippen LogP contribution is 2.18. The van der Waals surface area contributed by atoms with Crippen molar-refractivity contribution in [2.45, 2.75) is 38.6 Å². The maximum atomic E-state index is 11.9. The third kappa shape index (κ3) is 8.72. The summed E-state index contributed by atoms with van der Waals surface area (Å²) in [6.07, 6.45) is 6.52. The Morgan fingerprint density at radius 3 is 2.64 bits per heavy atom. The Labute approximate surface area is 162 Å². The summed E-state index contributed by atoms with van der Waals surface area (Å²) in [5.41, 5.74) is 6.52. The number of carbonyl (C=O) groups excluding carboxylic acids is 1. The van der Waals surface area contributed by atoms with E-state index in [0.29, 0.717) is 13.0 Å². The maximum absolute atomic E-state index is 11.9. The summed E-state index contributed by atoms with van der Waals surface area (Å²) in [7, 11) is 0. The van der Waals surface area contributed by atoms with Crippen LogP contribution in [-0.2, 0) is 16.1 Å². The minimum absolute atomic E-state index is 0. The van der Waals surface area contributed by atoms with Crippen LogP contribution >= 0.6 is 24.8 Å². The highest BCUT2D eigenvalue weighted by atomic mass is 35.5. The van der Waals surface area contributed by atoms with Gasteiger partial charge in [-0.15, -0.1) is 24.8 Å². The lowest BCUT2D eigenvalue weighted by Crippen LogP contribution is -2.37. The van der Waals surface area contributed by atoms with Crippen LogP contribution in [0.2, 0.25) is 0 Å². The molecule has 2 heterocycles. The van der Waals surface area contributed by atoms with Crippen LogP contribution in [0.25, 0.3) is 0 Å². The van der Waals surface area contributed by atoms with Crippen molar-refractivity contribution in [1.29, 1.82) is 0 Å². The number of anilines is 1. The van der Waals surface area contributed by atoms with Crippen LogP contribution in [-0.4, -0.2) is 43.7 Å². The number of ether oxygens (including phenoxy) is 1.